The molecule has 0 aliphatic carbocycles. The monoisotopic (exact) mass is 372 g/mol. The molecule has 1 aromatic rings. The third-order valence-electron chi connectivity index (χ3n) is 5.93. The van der Waals surface area contributed by atoms with E-state index in [1.807, 2.05) is 11.9 Å². The van der Waals surface area contributed by atoms with E-state index in [-0.39, 0.29) is 17.2 Å². The topological polar surface area (TPSA) is 40.6 Å². The van der Waals surface area contributed by atoms with Gasteiger partial charge in [-0.1, -0.05) is 57.2 Å². The van der Waals surface area contributed by atoms with Crippen LogP contribution in [0.4, 0.5) is 5.69 Å². The molecule has 2 rings (SSSR count). The van der Waals surface area contributed by atoms with E-state index < -0.39 is 0 Å². The Morgan fingerprint density at radius 1 is 1.19 bits per heavy atom. The maximum atomic E-state index is 12.9. The molecule has 0 fully saturated rings. The highest BCUT2D eigenvalue weighted by atomic mass is 16.2. The van der Waals surface area contributed by atoms with Crippen molar-refractivity contribution in [3.05, 3.63) is 29.3 Å². The molecule has 0 saturated heterocycles. The molecule has 1 atom stereocenters. The second-order valence-electron chi connectivity index (χ2n) is 8.42. The third-order valence-corrected chi connectivity index (χ3v) is 5.93. The van der Waals surface area contributed by atoms with Crippen LogP contribution in [0.5, 0.6) is 0 Å². The molecule has 1 aromatic carbocycles. The van der Waals surface area contributed by atoms with Crippen molar-refractivity contribution >= 4 is 17.5 Å². The first-order valence-corrected chi connectivity index (χ1v) is 10.4. The van der Waals surface area contributed by atoms with Gasteiger partial charge in [-0.25, -0.2) is 0 Å². The number of anilines is 1. The van der Waals surface area contributed by atoms with Crippen LogP contribution >= 0.6 is 0 Å². The van der Waals surface area contributed by atoms with Gasteiger partial charge >= 0.3 is 0 Å². The van der Waals surface area contributed by atoms with Crippen molar-refractivity contribution in [1.82, 2.24) is 4.90 Å². The fourth-order valence-electron chi connectivity index (χ4n) is 3.91. The second kappa shape index (κ2) is 9.38. The Balaban J connectivity index is 2.10. The van der Waals surface area contributed by atoms with Gasteiger partial charge in [-0.3, -0.25) is 9.59 Å². The molecule has 1 unspecified atom stereocenters. The summed E-state index contributed by atoms with van der Waals surface area (Å²) in [5, 5.41) is 0. The number of rotatable bonds is 9. The molecule has 1 aliphatic rings. The number of nitrogens with zero attached hydrogens (tertiary/aromatic N) is 2. The molecule has 2 amide bonds. The Labute approximate surface area is 164 Å². The van der Waals surface area contributed by atoms with Gasteiger partial charge in [-0.2, -0.15) is 0 Å². The molecule has 150 valence electrons. The molecule has 27 heavy (non-hydrogen) atoms. The predicted molar refractivity (Wildman–Crippen MR) is 112 cm³/mol. The molecule has 0 saturated carbocycles. The minimum Gasteiger partial charge on any atom is -0.346 e. The summed E-state index contributed by atoms with van der Waals surface area (Å²) >= 11 is 0. The normalized spacial score (nSPS) is 18.5. The Kier molecular flexibility index (Phi) is 7.46. The Hall–Kier alpha value is -1.84. The zero-order valence-corrected chi connectivity index (χ0v) is 17.8. The van der Waals surface area contributed by atoms with Crippen LogP contribution < -0.4 is 4.90 Å². The number of fused-ring (bicyclic) bond motifs is 1. The maximum Gasteiger partial charge on any atom is 0.227 e. The minimum absolute atomic E-state index is 0.0843. The van der Waals surface area contributed by atoms with Crippen LogP contribution in [0.15, 0.2) is 18.2 Å². The van der Waals surface area contributed by atoms with Crippen LogP contribution in [0.25, 0.3) is 0 Å². The summed E-state index contributed by atoms with van der Waals surface area (Å²) in [6.45, 7) is 9.56. The van der Waals surface area contributed by atoms with Gasteiger partial charge in [0.1, 0.15) is 0 Å². The van der Waals surface area contributed by atoms with E-state index in [0.29, 0.717) is 19.5 Å². The van der Waals surface area contributed by atoms with Gasteiger partial charge < -0.3 is 9.80 Å². The first-order chi connectivity index (χ1) is 12.8. The zero-order valence-electron chi connectivity index (χ0n) is 17.8. The smallest absolute Gasteiger partial charge is 0.227 e. The lowest BCUT2D eigenvalue weighted by atomic mass is 9.80. The average molecular weight is 373 g/mol. The van der Waals surface area contributed by atoms with Crippen LogP contribution in [-0.2, 0) is 15.0 Å². The largest absolute Gasteiger partial charge is 0.346 e. The predicted octanol–water partition coefficient (Wildman–Crippen LogP) is 4.83. The van der Waals surface area contributed by atoms with Crippen molar-refractivity contribution in [2.24, 2.45) is 0 Å². The number of hydrogen-bond acceptors (Lipinski definition) is 2. The van der Waals surface area contributed by atoms with E-state index in [9.17, 15) is 9.59 Å². The van der Waals surface area contributed by atoms with Crippen molar-refractivity contribution in [3.8, 4) is 0 Å². The van der Waals surface area contributed by atoms with Gasteiger partial charge in [0.15, 0.2) is 0 Å². The van der Waals surface area contributed by atoms with Crippen molar-refractivity contribution in [2.75, 3.05) is 25.0 Å². The highest BCUT2D eigenvalue weighted by Gasteiger charge is 2.41. The zero-order chi connectivity index (χ0) is 20.0. The summed E-state index contributed by atoms with van der Waals surface area (Å²) in [6.07, 6.45) is 7.28. The lowest BCUT2D eigenvalue weighted by Gasteiger charge is -2.28. The Morgan fingerprint density at radius 3 is 2.56 bits per heavy atom. The second-order valence-corrected chi connectivity index (χ2v) is 8.42. The van der Waals surface area contributed by atoms with E-state index in [2.05, 4.69) is 39.0 Å². The van der Waals surface area contributed by atoms with E-state index in [4.69, 9.17) is 0 Å². The summed E-state index contributed by atoms with van der Waals surface area (Å²) in [7, 11) is 1.84. The summed E-state index contributed by atoms with van der Waals surface area (Å²) in [5.74, 6) is 0.321. The summed E-state index contributed by atoms with van der Waals surface area (Å²) in [6, 6.07) is 6.41. The first-order valence-electron chi connectivity index (χ1n) is 10.4. The standard InChI is InChI=1S/C23H36N2O2/c1-6-7-8-9-10-11-22(27)25-17-23(4,14-15-24(5)19(3)26)20-16-18(2)12-13-21(20)25/h12-13,16H,6-11,14-15,17H2,1-5H3. The quantitative estimate of drug-likeness (QED) is 0.583. The molecular formula is C23H36N2O2. The van der Waals surface area contributed by atoms with E-state index in [0.717, 1.165) is 24.9 Å². The fourth-order valence-corrected chi connectivity index (χ4v) is 3.91. The van der Waals surface area contributed by atoms with Gasteiger partial charge in [-0.05, 0) is 31.4 Å². The van der Waals surface area contributed by atoms with E-state index >= 15 is 0 Å². The molecule has 4 heteroatoms. The molecule has 0 N–H and O–H groups in total. The first kappa shape index (κ1) is 21.5. The van der Waals surface area contributed by atoms with Crippen molar-refractivity contribution < 1.29 is 9.59 Å². The maximum absolute atomic E-state index is 12.9. The molecule has 0 bridgehead atoms. The lowest BCUT2D eigenvalue weighted by Crippen LogP contribution is -2.38. The van der Waals surface area contributed by atoms with E-state index in [1.165, 1.54) is 30.4 Å². The van der Waals surface area contributed by atoms with Gasteiger partial charge in [0.2, 0.25) is 11.8 Å². The lowest BCUT2D eigenvalue weighted by molar-refractivity contribution is -0.127. The number of carbonyl (C=O) groups excluding carboxylic acids is 2. The van der Waals surface area contributed by atoms with Crippen molar-refractivity contribution in [3.63, 3.8) is 0 Å². The van der Waals surface area contributed by atoms with Gasteiger partial charge in [0.05, 0.1) is 0 Å². The highest BCUT2D eigenvalue weighted by molar-refractivity contribution is 5.96. The summed E-state index contributed by atoms with van der Waals surface area (Å²) in [5.41, 5.74) is 3.42. The molecule has 0 aromatic heterocycles. The van der Waals surface area contributed by atoms with E-state index in [1.54, 1.807) is 11.8 Å². The summed E-state index contributed by atoms with van der Waals surface area (Å²) in [4.78, 5) is 28.3. The van der Waals surface area contributed by atoms with Gasteiger partial charge in [0.25, 0.3) is 0 Å². The molecule has 0 radical (unpaired) electrons. The number of hydrogen-bond donors (Lipinski definition) is 0. The van der Waals surface area contributed by atoms with Crippen LogP contribution in [0.1, 0.15) is 76.8 Å². The van der Waals surface area contributed by atoms with Crippen molar-refractivity contribution in [1.29, 1.82) is 0 Å². The SMILES string of the molecule is CCCCCCCC(=O)N1CC(C)(CCN(C)C(C)=O)c2cc(C)ccc21. The van der Waals surface area contributed by atoms with Crippen LogP contribution in [0, 0.1) is 6.92 Å². The van der Waals surface area contributed by atoms with Crippen LogP contribution in [-0.4, -0.2) is 36.9 Å². The van der Waals surface area contributed by atoms with Gasteiger partial charge in [-0.15, -0.1) is 0 Å². The molecule has 1 heterocycles. The van der Waals surface area contributed by atoms with Crippen LogP contribution in [0.3, 0.4) is 0 Å². The van der Waals surface area contributed by atoms with Crippen LogP contribution in [0.2, 0.25) is 0 Å². The fraction of sp³-hybridized carbons (Fsp3) is 0.652. The number of carbonyl (C=O) groups is 2. The Morgan fingerprint density at radius 2 is 1.89 bits per heavy atom. The average Bonchev–Trinajstić information content (AvgIpc) is 2.92. The molecular weight excluding hydrogens is 336 g/mol. The number of amides is 2. The number of unbranched alkanes of at least 4 members (excludes halogenated alkanes) is 4. The minimum atomic E-state index is -0.108. The van der Waals surface area contributed by atoms with Crippen molar-refractivity contribution in [2.45, 2.75) is 78.1 Å². The molecule has 1 aliphatic heterocycles. The van der Waals surface area contributed by atoms with Gasteiger partial charge in [0, 0.05) is 44.6 Å². The highest BCUT2D eigenvalue weighted by Crippen LogP contribution is 2.43. The number of aryl methyl sites for hydroxylation is 1. The summed E-state index contributed by atoms with van der Waals surface area (Å²) < 4.78 is 0. The number of benzene rings is 1. The molecule has 0 spiro atoms. The Bertz CT molecular complexity index is 670. The molecule has 4 nitrogen and oxygen atoms in total. The third kappa shape index (κ3) is 5.33.